The van der Waals surface area contributed by atoms with Crippen LogP contribution in [-0.2, 0) is 37.0 Å². The number of hydrogen-bond acceptors (Lipinski definition) is 4. The molecule has 0 aliphatic rings. The van der Waals surface area contributed by atoms with Crippen molar-refractivity contribution in [3.8, 4) is 0 Å². The van der Waals surface area contributed by atoms with Gasteiger partial charge in [0.05, 0.1) is 0 Å². The SMILES string of the molecule is [S-]N=S=N[S-]. The van der Waals surface area contributed by atoms with E-state index >= 15 is 0 Å². The van der Waals surface area contributed by atoms with E-state index in [1.165, 1.54) is 0 Å². The molecule has 0 aromatic heterocycles. The Morgan fingerprint density at radius 1 is 1.20 bits per heavy atom. The molecule has 0 amide bonds. The van der Waals surface area contributed by atoms with Gasteiger partial charge in [-0.3, -0.25) is 0 Å². The van der Waals surface area contributed by atoms with Gasteiger partial charge in [-0.25, -0.2) is 0 Å². The maximum absolute atomic E-state index is 4.08. The molecule has 0 rings (SSSR count). The minimum atomic E-state index is 0.843. The van der Waals surface area contributed by atoms with Crippen LogP contribution < -0.4 is 0 Å². The van der Waals surface area contributed by atoms with Gasteiger partial charge < -0.3 is 33.2 Å². The largest absolute Gasteiger partial charge is 0.627 e. The lowest BCUT2D eigenvalue weighted by Gasteiger charge is -1.79. The Morgan fingerprint density at radius 2 is 1.60 bits per heavy atom. The molecule has 0 aliphatic heterocycles. The van der Waals surface area contributed by atoms with E-state index in [2.05, 4.69) is 33.2 Å². The first kappa shape index (κ1) is 5.52. The molecule has 0 heterocycles. The van der Waals surface area contributed by atoms with Crippen LogP contribution in [0.25, 0.3) is 0 Å². The van der Waals surface area contributed by atoms with E-state index in [0.717, 1.165) is 11.4 Å². The van der Waals surface area contributed by atoms with Gasteiger partial charge in [-0.05, 0) is 0 Å². The van der Waals surface area contributed by atoms with Crippen molar-refractivity contribution in [2.24, 2.45) is 7.54 Å². The van der Waals surface area contributed by atoms with Gasteiger partial charge in [0.25, 0.3) is 0 Å². The third-order valence-corrected chi connectivity index (χ3v) is 0.600. The molecule has 0 aromatic carbocycles. The van der Waals surface area contributed by atoms with Crippen LogP contribution in [0.1, 0.15) is 0 Å². The predicted octanol–water partition coefficient (Wildman–Crippen LogP) is 0.360. The van der Waals surface area contributed by atoms with Gasteiger partial charge in [0, 0.05) is 11.4 Å². The summed E-state index contributed by atoms with van der Waals surface area (Å²) in [6.07, 6.45) is 0. The first-order chi connectivity index (χ1) is 2.41. The molecule has 0 saturated heterocycles. The van der Waals surface area contributed by atoms with Crippen molar-refractivity contribution in [1.82, 2.24) is 0 Å². The fourth-order valence-electron chi connectivity index (χ4n) is 0.0136. The highest BCUT2D eigenvalue weighted by molar-refractivity contribution is 7.74. The Morgan fingerprint density at radius 3 is 1.60 bits per heavy atom. The smallest absolute Gasteiger partial charge is 0.00449 e. The Bertz CT molecular complexity index is 53.3. The van der Waals surface area contributed by atoms with Crippen LogP contribution in [0.2, 0.25) is 0 Å². The summed E-state index contributed by atoms with van der Waals surface area (Å²) in [6, 6.07) is 0. The fraction of sp³-hybridized carbons (Fsp3) is 0. The highest BCUT2D eigenvalue weighted by Gasteiger charge is 1.11. The van der Waals surface area contributed by atoms with Crippen molar-refractivity contribution in [2.45, 2.75) is 0 Å². The average molecular weight is 124 g/mol. The van der Waals surface area contributed by atoms with Gasteiger partial charge in [-0.1, -0.05) is 0 Å². The summed E-state index contributed by atoms with van der Waals surface area (Å²) in [5.41, 5.74) is 0. The lowest BCUT2D eigenvalue weighted by molar-refractivity contribution is 2.05. The Hall–Kier alpha value is 0.520. The fourth-order valence-corrected chi connectivity index (χ4v) is 0.367. The standard InChI is InChI=1S/H2N2S3/c3-1-5-2-4/h3-4H/p-2. The molecule has 0 aliphatic carbocycles. The molecular weight excluding hydrogens is 124 g/mol. The van der Waals surface area contributed by atoms with Crippen molar-refractivity contribution in [2.75, 3.05) is 0 Å². The first-order valence-electron chi connectivity index (χ1n) is 0.730. The quantitative estimate of drug-likeness (QED) is 0.435. The van der Waals surface area contributed by atoms with Crippen molar-refractivity contribution in [3.63, 3.8) is 0 Å². The molecule has 0 atom stereocenters. The van der Waals surface area contributed by atoms with Crippen LogP contribution in [0.4, 0.5) is 0 Å². The summed E-state index contributed by atoms with van der Waals surface area (Å²) in [5, 5.41) is 0. The van der Waals surface area contributed by atoms with E-state index in [4.69, 9.17) is 0 Å². The monoisotopic (exact) mass is 124 g/mol. The van der Waals surface area contributed by atoms with E-state index in [9.17, 15) is 0 Å². The molecule has 5 heteroatoms. The molecule has 0 spiro atoms. The van der Waals surface area contributed by atoms with E-state index in [-0.39, 0.29) is 0 Å². The highest BCUT2D eigenvalue weighted by Crippen LogP contribution is 1.51. The molecule has 30 valence electrons. The predicted molar refractivity (Wildman–Crippen MR) is 27.0 cm³/mol. The van der Waals surface area contributed by atoms with Crippen LogP contribution in [-0.4, -0.2) is 0 Å². The Balaban J connectivity index is 3.26. The summed E-state index contributed by atoms with van der Waals surface area (Å²) in [6.45, 7) is 0. The molecule has 0 aromatic rings. The van der Waals surface area contributed by atoms with Crippen molar-refractivity contribution < 1.29 is 0 Å². The summed E-state index contributed by atoms with van der Waals surface area (Å²) < 4.78 is 6.17. The molecular formula is N2S3-2. The van der Waals surface area contributed by atoms with Gasteiger partial charge >= 0.3 is 0 Å². The summed E-state index contributed by atoms with van der Waals surface area (Å²) >= 11 is 9.00. The molecule has 0 fully saturated rings. The van der Waals surface area contributed by atoms with Gasteiger partial charge in [-0.15, -0.1) is 0 Å². The highest BCUT2D eigenvalue weighted by atomic mass is 32.2. The third kappa shape index (κ3) is 4.52. The number of hydrogen-bond donors (Lipinski definition) is 0. The molecule has 0 N–H and O–H groups in total. The molecule has 5 heavy (non-hydrogen) atoms. The zero-order chi connectivity index (χ0) is 4.12. The van der Waals surface area contributed by atoms with Gasteiger partial charge in [0.2, 0.25) is 0 Å². The number of nitrogens with zero attached hydrogens (tertiary/aromatic N) is 2. The lowest BCUT2D eigenvalue weighted by atomic mass is 13.9. The molecule has 0 saturated carbocycles. The summed E-state index contributed by atoms with van der Waals surface area (Å²) in [4.78, 5) is 0. The van der Waals surface area contributed by atoms with Crippen molar-refractivity contribution in [3.05, 3.63) is 0 Å². The zero-order valence-corrected chi connectivity index (χ0v) is 4.57. The van der Waals surface area contributed by atoms with E-state index in [0.29, 0.717) is 0 Å². The lowest BCUT2D eigenvalue weighted by Crippen LogP contribution is -1.33. The van der Waals surface area contributed by atoms with E-state index in [1.807, 2.05) is 0 Å². The van der Waals surface area contributed by atoms with Gasteiger partial charge in [-0.2, -0.15) is 0 Å². The van der Waals surface area contributed by atoms with Crippen LogP contribution >= 0.6 is 0 Å². The Kier molecular flexibility index (Phi) is 4.99. The molecule has 0 bridgehead atoms. The first-order valence-corrected chi connectivity index (χ1v) is 2.19. The van der Waals surface area contributed by atoms with Crippen LogP contribution in [0.5, 0.6) is 0 Å². The molecule has 2 nitrogen and oxygen atoms in total. The van der Waals surface area contributed by atoms with Crippen molar-refractivity contribution in [1.29, 1.82) is 0 Å². The van der Waals surface area contributed by atoms with Gasteiger partial charge in [0.15, 0.2) is 0 Å². The third-order valence-electron chi connectivity index (χ3n) is 0.0667. The van der Waals surface area contributed by atoms with Crippen LogP contribution in [0.15, 0.2) is 7.54 Å². The minimum absolute atomic E-state index is 0.843. The maximum atomic E-state index is 4.08. The van der Waals surface area contributed by atoms with Crippen molar-refractivity contribution >= 4 is 37.0 Å². The van der Waals surface area contributed by atoms with Crippen LogP contribution in [0, 0.1) is 0 Å². The Labute approximate surface area is 45.0 Å². The van der Waals surface area contributed by atoms with Crippen LogP contribution in [0.3, 0.4) is 0 Å². The summed E-state index contributed by atoms with van der Waals surface area (Å²) in [7, 11) is 0. The molecule has 0 unspecified atom stereocenters. The second-order valence-electron chi connectivity index (χ2n) is 0.231. The summed E-state index contributed by atoms with van der Waals surface area (Å²) in [5.74, 6) is 0. The topological polar surface area (TPSA) is 24.7 Å². The molecule has 0 radical (unpaired) electrons. The van der Waals surface area contributed by atoms with E-state index < -0.39 is 0 Å². The minimum Gasteiger partial charge on any atom is -0.627 e. The van der Waals surface area contributed by atoms with Gasteiger partial charge in [0.1, 0.15) is 0 Å². The second kappa shape index (κ2) is 4.52. The second-order valence-corrected chi connectivity index (χ2v) is 1.59. The maximum Gasteiger partial charge on any atom is 0.00449 e. The van der Waals surface area contributed by atoms with E-state index in [1.54, 1.807) is 0 Å². The normalized spacial score (nSPS) is 6.00. The average Bonchev–Trinajstić information content (AvgIpc) is 1.41. The number of rotatable bonds is 0. The zero-order valence-electron chi connectivity index (χ0n) is 2.12.